The quantitative estimate of drug-likeness (QED) is 0.564. The molecule has 0 heterocycles. The van der Waals surface area contributed by atoms with E-state index in [2.05, 4.69) is 22.0 Å². The topological polar surface area (TPSA) is 17.1 Å². The first-order valence-electron chi connectivity index (χ1n) is 4.35. The molecule has 0 bridgehead atoms. The lowest BCUT2D eigenvalue weighted by atomic mass is 10.1. The summed E-state index contributed by atoms with van der Waals surface area (Å²) in [6.45, 7) is 0. The van der Waals surface area contributed by atoms with Gasteiger partial charge in [0.1, 0.15) is 0 Å². The lowest BCUT2D eigenvalue weighted by molar-refractivity contribution is -0.107. The lowest BCUT2D eigenvalue weighted by Crippen LogP contribution is -1.83. The Labute approximate surface area is 95.9 Å². The van der Waals surface area contributed by atoms with Crippen molar-refractivity contribution in [3.8, 4) is 0 Å². The smallest absolute Gasteiger partial charge is 0.245 e. The highest BCUT2D eigenvalue weighted by molar-refractivity contribution is 9.10. The van der Waals surface area contributed by atoms with Gasteiger partial charge in [0.15, 0.2) is 0 Å². The van der Waals surface area contributed by atoms with Gasteiger partial charge in [0.25, 0.3) is 0 Å². The molecule has 1 aliphatic carbocycles. The zero-order chi connectivity index (χ0) is 10.1. The Kier molecular flexibility index (Phi) is 2.75. The monoisotopic (exact) mass is 270 g/mol. The van der Waals surface area contributed by atoms with Crippen LogP contribution in [-0.4, -0.2) is 5.24 Å². The molecule has 0 aliphatic heterocycles. The standard InChI is InChI=1S/C11H8BrClO/c12-9-4-3-7-1-2-8(5-11(13)14)10(7)6-9/h3-6H,1-2H2/b8-5-. The van der Waals surface area contributed by atoms with E-state index in [1.54, 1.807) is 0 Å². The van der Waals surface area contributed by atoms with Crippen LogP contribution in [0.1, 0.15) is 17.5 Å². The molecule has 0 fully saturated rings. The highest BCUT2D eigenvalue weighted by atomic mass is 79.9. The van der Waals surface area contributed by atoms with Gasteiger partial charge in [-0.05, 0) is 53.3 Å². The van der Waals surface area contributed by atoms with Crippen LogP contribution in [0.3, 0.4) is 0 Å². The van der Waals surface area contributed by atoms with E-state index < -0.39 is 5.24 Å². The Morgan fingerprint density at radius 1 is 1.43 bits per heavy atom. The van der Waals surface area contributed by atoms with E-state index in [4.69, 9.17) is 11.6 Å². The van der Waals surface area contributed by atoms with E-state index in [9.17, 15) is 4.79 Å². The first-order valence-corrected chi connectivity index (χ1v) is 5.53. The lowest BCUT2D eigenvalue weighted by Gasteiger charge is -2.00. The molecule has 1 aromatic carbocycles. The fourth-order valence-corrected chi connectivity index (χ4v) is 2.25. The van der Waals surface area contributed by atoms with Gasteiger partial charge in [0, 0.05) is 10.5 Å². The van der Waals surface area contributed by atoms with Gasteiger partial charge in [0.2, 0.25) is 5.24 Å². The van der Waals surface area contributed by atoms with E-state index in [0.29, 0.717) is 0 Å². The predicted octanol–water partition coefficient (Wildman–Crippen LogP) is 3.54. The summed E-state index contributed by atoms with van der Waals surface area (Å²) in [5.74, 6) is 0. The molecule has 0 amide bonds. The maximum atomic E-state index is 10.8. The fraction of sp³-hybridized carbons (Fsp3) is 0.182. The molecule has 0 N–H and O–H groups in total. The van der Waals surface area contributed by atoms with Crippen molar-refractivity contribution >= 4 is 38.3 Å². The molecule has 0 saturated carbocycles. The van der Waals surface area contributed by atoms with Crippen LogP contribution in [0, 0.1) is 0 Å². The van der Waals surface area contributed by atoms with E-state index in [0.717, 1.165) is 28.5 Å². The molecule has 72 valence electrons. The number of hydrogen-bond acceptors (Lipinski definition) is 1. The number of carbonyl (C=O) groups is 1. The third-order valence-electron chi connectivity index (χ3n) is 2.37. The number of fused-ring (bicyclic) bond motifs is 1. The van der Waals surface area contributed by atoms with Gasteiger partial charge < -0.3 is 0 Å². The largest absolute Gasteiger partial charge is 0.276 e. The van der Waals surface area contributed by atoms with Crippen LogP contribution in [-0.2, 0) is 11.2 Å². The van der Waals surface area contributed by atoms with Gasteiger partial charge in [-0.2, -0.15) is 0 Å². The second-order valence-electron chi connectivity index (χ2n) is 3.28. The first kappa shape index (κ1) is 9.94. The second-order valence-corrected chi connectivity index (χ2v) is 4.56. The van der Waals surface area contributed by atoms with Crippen molar-refractivity contribution < 1.29 is 4.79 Å². The second kappa shape index (κ2) is 3.87. The minimum atomic E-state index is -0.396. The summed E-state index contributed by atoms with van der Waals surface area (Å²) in [6, 6.07) is 6.14. The van der Waals surface area contributed by atoms with Gasteiger partial charge in [-0.15, -0.1) is 0 Å². The van der Waals surface area contributed by atoms with Gasteiger partial charge in [-0.25, -0.2) is 0 Å². The average Bonchev–Trinajstić information content (AvgIpc) is 2.47. The van der Waals surface area contributed by atoms with Gasteiger partial charge in [-0.3, -0.25) is 4.79 Å². The minimum absolute atomic E-state index is 0.396. The maximum Gasteiger partial charge on any atom is 0.245 e. The van der Waals surface area contributed by atoms with Crippen LogP contribution < -0.4 is 0 Å². The molecule has 2 rings (SSSR count). The minimum Gasteiger partial charge on any atom is -0.276 e. The van der Waals surface area contributed by atoms with Crippen molar-refractivity contribution in [2.75, 3.05) is 0 Å². The van der Waals surface area contributed by atoms with Crippen LogP contribution in [0.2, 0.25) is 0 Å². The first-order chi connectivity index (χ1) is 6.66. The molecule has 0 atom stereocenters. The summed E-state index contributed by atoms with van der Waals surface area (Å²) >= 11 is 8.75. The van der Waals surface area contributed by atoms with Crippen molar-refractivity contribution in [3.63, 3.8) is 0 Å². The summed E-state index contributed by atoms with van der Waals surface area (Å²) in [5.41, 5.74) is 3.48. The van der Waals surface area contributed by atoms with Crippen LogP contribution in [0.25, 0.3) is 5.57 Å². The molecular formula is C11H8BrClO. The number of halogens is 2. The number of carbonyl (C=O) groups excluding carboxylic acids is 1. The molecule has 14 heavy (non-hydrogen) atoms. The number of allylic oxidation sites excluding steroid dienone is 2. The number of benzene rings is 1. The highest BCUT2D eigenvalue weighted by Crippen LogP contribution is 2.34. The summed E-state index contributed by atoms with van der Waals surface area (Å²) < 4.78 is 1.03. The Morgan fingerprint density at radius 2 is 2.21 bits per heavy atom. The van der Waals surface area contributed by atoms with Gasteiger partial charge >= 0.3 is 0 Å². The Bertz CT molecular complexity index is 423. The fourth-order valence-electron chi connectivity index (χ4n) is 1.76. The summed E-state index contributed by atoms with van der Waals surface area (Å²) in [6.07, 6.45) is 3.42. The summed E-state index contributed by atoms with van der Waals surface area (Å²) in [4.78, 5) is 10.8. The summed E-state index contributed by atoms with van der Waals surface area (Å²) in [5, 5.41) is -0.396. The Morgan fingerprint density at radius 3 is 2.93 bits per heavy atom. The van der Waals surface area contributed by atoms with Crippen LogP contribution >= 0.6 is 27.5 Å². The molecule has 1 nitrogen and oxygen atoms in total. The van der Waals surface area contributed by atoms with Crippen molar-refractivity contribution in [2.24, 2.45) is 0 Å². The van der Waals surface area contributed by atoms with Crippen LogP contribution in [0.15, 0.2) is 28.7 Å². The molecule has 0 aromatic heterocycles. The highest BCUT2D eigenvalue weighted by Gasteiger charge is 2.16. The van der Waals surface area contributed by atoms with E-state index in [1.165, 1.54) is 11.6 Å². The molecule has 0 radical (unpaired) electrons. The number of rotatable bonds is 1. The van der Waals surface area contributed by atoms with Crippen molar-refractivity contribution in [3.05, 3.63) is 39.9 Å². The van der Waals surface area contributed by atoms with E-state index in [1.807, 2.05) is 12.1 Å². The van der Waals surface area contributed by atoms with Gasteiger partial charge in [0.05, 0.1) is 0 Å². The van der Waals surface area contributed by atoms with E-state index >= 15 is 0 Å². The molecule has 0 spiro atoms. The molecule has 1 aliphatic rings. The van der Waals surface area contributed by atoms with Crippen LogP contribution in [0.5, 0.6) is 0 Å². The normalized spacial score (nSPS) is 17.1. The third kappa shape index (κ3) is 1.91. The maximum absolute atomic E-state index is 10.8. The average molecular weight is 272 g/mol. The Hall–Kier alpha value is -0.600. The molecular weight excluding hydrogens is 263 g/mol. The predicted molar refractivity (Wildman–Crippen MR) is 61.3 cm³/mol. The molecule has 1 aromatic rings. The zero-order valence-electron chi connectivity index (χ0n) is 7.39. The molecule has 0 saturated heterocycles. The zero-order valence-corrected chi connectivity index (χ0v) is 9.73. The third-order valence-corrected chi connectivity index (χ3v) is 2.97. The Balaban J connectivity index is 2.48. The van der Waals surface area contributed by atoms with Crippen molar-refractivity contribution in [1.82, 2.24) is 0 Å². The number of aryl methyl sites for hydroxylation is 1. The molecule has 3 heteroatoms. The van der Waals surface area contributed by atoms with Gasteiger partial charge in [-0.1, -0.05) is 22.0 Å². The summed E-state index contributed by atoms with van der Waals surface area (Å²) in [7, 11) is 0. The van der Waals surface area contributed by atoms with Crippen molar-refractivity contribution in [2.45, 2.75) is 12.8 Å². The van der Waals surface area contributed by atoms with E-state index in [-0.39, 0.29) is 0 Å². The van der Waals surface area contributed by atoms with Crippen molar-refractivity contribution in [1.29, 1.82) is 0 Å². The SMILES string of the molecule is O=C(Cl)/C=C1/CCc2ccc(Br)cc21. The molecule has 0 unspecified atom stereocenters. The number of hydrogen-bond donors (Lipinski definition) is 0. The van der Waals surface area contributed by atoms with Crippen LogP contribution in [0.4, 0.5) is 0 Å².